The van der Waals surface area contributed by atoms with Crippen LogP contribution in [0.4, 0.5) is 11.4 Å². The van der Waals surface area contributed by atoms with E-state index in [1.165, 1.54) is 12.0 Å². The molecule has 5 heterocycles. The van der Waals surface area contributed by atoms with Gasteiger partial charge in [-0.25, -0.2) is 4.98 Å². The van der Waals surface area contributed by atoms with E-state index >= 15 is 0 Å². The van der Waals surface area contributed by atoms with E-state index in [1.807, 2.05) is 29.9 Å². The van der Waals surface area contributed by atoms with Crippen molar-refractivity contribution in [1.82, 2.24) is 19.9 Å². The molecule has 6 nitrogen and oxygen atoms in total. The van der Waals surface area contributed by atoms with Gasteiger partial charge in [0.25, 0.3) is 0 Å². The predicted molar refractivity (Wildman–Crippen MR) is 165 cm³/mol. The number of aryl methyl sites for hydroxylation is 1. The van der Waals surface area contributed by atoms with Crippen molar-refractivity contribution in [3.63, 3.8) is 0 Å². The molecule has 9 heteroatoms. The molecule has 0 radical (unpaired) electrons. The van der Waals surface area contributed by atoms with E-state index in [4.69, 9.17) is 28.8 Å². The second-order valence-corrected chi connectivity index (χ2v) is 12.6. The maximum Gasteiger partial charge on any atom is 0.193 e. The third-order valence-corrected chi connectivity index (χ3v) is 9.29. The molecule has 6 rings (SSSR count). The Morgan fingerprint density at radius 1 is 1.03 bits per heavy atom. The Bertz CT molecular complexity index is 1470. The predicted octanol–water partition coefficient (Wildman–Crippen LogP) is 7.26. The molecule has 0 aliphatic carbocycles. The van der Waals surface area contributed by atoms with Gasteiger partial charge in [-0.05, 0) is 86.3 Å². The summed E-state index contributed by atoms with van der Waals surface area (Å²) in [6, 6.07) is 14.5. The maximum absolute atomic E-state index is 7.00. The van der Waals surface area contributed by atoms with Gasteiger partial charge in [-0.15, -0.1) is 11.3 Å². The van der Waals surface area contributed by atoms with Crippen LogP contribution in [-0.2, 0) is 0 Å². The number of halogens is 1. The SMILES string of the molecule is Cc1cc([C@@H]2[C@H](c3ccccn3)NC(=S)N2c2ccc(N3C[C@@H](C)C[C@H](C)C3)c(Cl)c2)c(C)n1-c1nccs1. The molecule has 2 fully saturated rings. The van der Waals surface area contributed by atoms with Crippen LogP contribution in [0.5, 0.6) is 0 Å². The number of anilines is 2. The van der Waals surface area contributed by atoms with Crippen LogP contribution in [0.15, 0.2) is 60.2 Å². The van der Waals surface area contributed by atoms with Crippen molar-refractivity contribution in [2.24, 2.45) is 11.8 Å². The van der Waals surface area contributed by atoms with Gasteiger partial charge in [0.2, 0.25) is 0 Å². The first-order valence-corrected chi connectivity index (χ1v) is 15.1. The van der Waals surface area contributed by atoms with E-state index in [2.05, 4.69) is 82.7 Å². The number of hydrogen-bond acceptors (Lipinski definition) is 5. The number of aromatic nitrogens is 3. The summed E-state index contributed by atoms with van der Waals surface area (Å²) in [7, 11) is 0. The zero-order valence-electron chi connectivity index (χ0n) is 22.6. The monoisotopic (exact) mass is 576 g/mol. The van der Waals surface area contributed by atoms with Gasteiger partial charge in [-0.2, -0.15) is 0 Å². The fourth-order valence-electron chi connectivity index (χ4n) is 6.42. The highest BCUT2D eigenvalue weighted by atomic mass is 35.5. The molecule has 2 aliphatic rings. The average Bonchev–Trinajstić information content (AvgIpc) is 3.61. The molecule has 1 aromatic carbocycles. The van der Waals surface area contributed by atoms with E-state index in [9.17, 15) is 0 Å². The molecular formula is C30H33ClN6S2. The van der Waals surface area contributed by atoms with Gasteiger partial charge in [-0.3, -0.25) is 9.55 Å². The van der Waals surface area contributed by atoms with Crippen LogP contribution in [-0.4, -0.2) is 32.7 Å². The van der Waals surface area contributed by atoms with Gasteiger partial charge in [-0.1, -0.05) is 31.5 Å². The summed E-state index contributed by atoms with van der Waals surface area (Å²) in [4.78, 5) is 13.9. The molecule has 2 saturated heterocycles. The number of nitrogens with zero attached hydrogens (tertiary/aromatic N) is 5. The smallest absolute Gasteiger partial charge is 0.193 e. The van der Waals surface area contributed by atoms with E-state index in [1.54, 1.807) is 11.3 Å². The van der Waals surface area contributed by atoms with Crippen molar-refractivity contribution in [3.05, 3.63) is 87.9 Å². The Morgan fingerprint density at radius 2 is 1.82 bits per heavy atom. The van der Waals surface area contributed by atoms with E-state index in [0.29, 0.717) is 16.9 Å². The van der Waals surface area contributed by atoms with Gasteiger partial charge >= 0.3 is 0 Å². The Morgan fingerprint density at radius 3 is 2.49 bits per heavy atom. The van der Waals surface area contributed by atoms with Crippen molar-refractivity contribution >= 4 is 51.6 Å². The average molecular weight is 577 g/mol. The molecule has 0 saturated carbocycles. The van der Waals surface area contributed by atoms with Gasteiger partial charge in [0, 0.05) is 47.9 Å². The highest BCUT2D eigenvalue weighted by molar-refractivity contribution is 7.80. The fraction of sp³-hybridized carbons (Fsp3) is 0.367. The Kier molecular flexibility index (Phi) is 7.12. The standard InChI is InChI=1S/C30H33ClN6S2/c1-18-13-19(2)17-35(16-18)26-9-8-22(15-24(26)31)37-28(27(34-29(37)38)25-7-5-6-10-32-25)23-14-20(3)36(21(23)4)30-33-11-12-39-30/h5-12,14-15,18-19,27-28H,13,16-17H2,1-4H3,(H,34,38)/t18-,19-,27-,28+/m0/s1. The number of thiazole rings is 1. The van der Waals surface area contributed by atoms with Crippen molar-refractivity contribution in [2.45, 2.75) is 46.2 Å². The van der Waals surface area contributed by atoms with Gasteiger partial charge in [0.05, 0.1) is 28.5 Å². The second-order valence-electron chi connectivity index (χ2n) is 11.0. The van der Waals surface area contributed by atoms with Gasteiger partial charge < -0.3 is 15.1 Å². The lowest BCUT2D eigenvalue weighted by Crippen LogP contribution is -2.38. The normalized spacial score (nSPS) is 23.4. The minimum absolute atomic E-state index is 0.107. The molecule has 39 heavy (non-hydrogen) atoms. The number of thiocarbonyl (C=S) groups is 1. The second kappa shape index (κ2) is 10.6. The van der Waals surface area contributed by atoms with Crippen LogP contribution >= 0.6 is 35.2 Å². The highest BCUT2D eigenvalue weighted by Crippen LogP contribution is 2.45. The first kappa shape index (κ1) is 26.3. The molecule has 4 atom stereocenters. The minimum Gasteiger partial charge on any atom is -0.370 e. The van der Waals surface area contributed by atoms with Crippen molar-refractivity contribution in [3.8, 4) is 5.13 Å². The summed E-state index contributed by atoms with van der Waals surface area (Å²) in [5.41, 5.74) is 6.48. The molecule has 0 unspecified atom stereocenters. The maximum atomic E-state index is 7.00. The Hall–Kier alpha value is -2.94. The summed E-state index contributed by atoms with van der Waals surface area (Å²) in [5.74, 6) is 1.30. The van der Waals surface area contributed by atoms with Crippen LogP contribution in [0.1, 0.15) is 55.0 Å². The largest absolute Gasteiger partial charge is 0.370 e. The molecule has 0 spiro atoms. The van der Waals surface area contributed by atoms with Crippen molar-refractivity contribution in [2.75, 3.05) is 22.9 Å². The van der Waals surface area contributed by atoms with Gasteiger partial charge in [0.1, 0.15) is 0 Å². The summed E-state index contributed by atoms with van der Waals surface area (Å²) in [6.07, 6.45) is 4.95. The lowest BCUT2D eigenvalue weighted by molar-refractivity contribution is 0.357. The van der Waals surface area contributed by atoms with E-state index in [0.717, 1.165) is 51.7 Å². The fourth-order valence-corrected chi connectivity index (χ4v) is 7.81. The Labute approximate surface area is 244 Å². The quantitative estimate of drug-likeness (QED) is 0.252. The zero-order valence-corrected chi connectivity index (χ0v) is 25.0. The first-order chi connectivity index (χ1) is 18.8. The summed E-state index contributed by atoms with van der Waals surface area (Å²) in [6.45, 7) is 11.0. The molecule has 0 amide bonds. The van der Waals surface area contributed by atoms with Crippen molar-refractivity contribution in [1.29, 1.82) is 0 Å². The molecule has 4 aromatic rings. The number of piperidine rings is 1. The number of benzene rings is 1. The van der Waals surface area contributed by atoms with Crippen LogP contribution < -0.4 is 15.1 Å². The van der Waals surface area contributed by atoms with E-state index in [-0.39, 0.29) is 12.1 Å². The lowest BCUT2D eigenvalue weighted by Gasteiger charge is -2.37. The minimum atomic E-state index is -0.119. The van der Waals surface area contributed by atoms with Crippen LogP contribution in [0.25, 0.3) is 5.13 Å². The molecule has 2 aliphatic heterocycles. The van der Waals surface area contributed by atoms with Crippen molar-refractivity contribution < 1.29 is 0 Å². The van der Waals surface area contributed by atoms with Crippen LogP contribution in [0, 0.1) is 25.7 Å². The van der Waals surface area contributed by atoms with E-state index < -0.39 is 0 Å². The molecular weight excluding hydrogens is 544 g/mol. The highest BCUT2D eigenvalue weighted by Gasteiger charge is 2.42. The molecule has 202 valence electrons. The first-order valence-electron chi connectivity index (χ1n) is 13.5. The zero-order chi connectivity index (χ0) is 27.3. The lowest BCUT2D eigenvalue weighted by atomic mass is 9.91. The molecule has 0 bridgehead atoms. The summed E-state index contributed by atoms with van der Waals surface area (Å²) in [5, 5.41) is 7.98. The number of rotatable bonds is 5. The van der Waals surface area contributed by atoms with Gasteiger partial charge in [0.15, 0.2) is 10.2 Å². The molecule has 3 aromatic heterocycles. The topological polar surface area (TPSA) is 49.2 Å². The summed E-state index contributed by atoms with van der Waals surface area (Å²) < 4.78 is 2.23. The van der Waals surface area contributed by atoms with Crippen LogP contribution in [0.3, 0.4) is 0 Å². The third kappa shape index (κ3) is 4.83. The number of nitrogens with one attached hydrogen (secondary N) is 1. The summed E-state index contributed by atoms with van der Waals surface area (Å²) >= 11 is 14.6. The Balaban J connectivity index is 1.43. The molecule has 1 N–H and O–H groups in total. The van der Waals surface area contributed by atoms with Crippen LogP contribution in [0.2, 0.25) is 5.02 Å². The number of hydrogen-bond donors (Lipinski definition) is 1. The third-order valence-electron chi connectivity index (χ3n) is 7.92. The number of pyridine rings is 1.